The van der Waals surface area contributed by atoms with Gasteiger partial charge in [0.2, 0.25) is 0 Å². The van der Waals surface area contributed by atoms with Gasteiger partial charge in [0.25, 0.3) is 0 Å². The lowest BCUT2D eigenvalue weighted by molar-refractivity contribution is 0.0880. The van der Waals surface area contributed by atoms with Gasteiger partial charge in [-0.25, -0.2) is 13.2 Å². The van der Waals surface area contributed by atoms with E-state index < -0.39 is 15.9 Å². The smallest absolute Gasteiger partial charge is 0.419 e. The van der Waals surface area contributed by atoms with Crippen molar-refractivity contribution >= 4 is 56.0 Å². The Hall–Kier alpha value is -3.87. The van der Waals surface area contributed by atoms with Gasteiger partial charge in [0.1, 0.15) is 6.61 Å². The van der Waals surface area contributed by atoms with E-state index in [1.54, 1.807) is 25.2 Å². The van der Waals surface area contributed by atoms with Gasteiger partial charge in [-0.15, -0.1) is 0 Å². The zero-order chi connectivity index (χ0) is 35.4. The number of ether oxygens (including phenoxy) is 3. The first-order valence-electron chi connectivity index (χ1n) is 16.3. The molecule has 0 saturated carbocycles. The van der Waals surface area contributed by atoms with Crippen LogP contribution in [0.4, 0.5) is 16.2 Å². The Labute approximate surface area is 304 Å². The van der Waals surface area contributed by atoms with Crippen molar-refractivity contribution < 1.29 is 27.4 Å². The highest BCUT2D eigenvalue weighted by Crippen LogP contribution is 2.30. The predicted octanol–water partition coefficient (Wildman–Crippen LogP) is 8.77. The number of aryl methyl sites for hydroxylation is 1. The van der Waals surface area contributed by atoms with Crippen LogP contribution < -0.4 is 19.3 Å². The van der Waals surface area contributed by atoms with E-state index in [0.29, 0.717) is 48.7 Å². The van der Waals surface area contributed by atoms with E-state index in [1.165, 1.54) is 16.4 Å². The highest BCUT2D eigenvalue weighted by molar-refractivity contribution is 14.1. The van der Waals surface area contributed by atoms with Crippen molar-refractivity contribution in [2.45, 2.75) is 52.8 Å². The maximum absolute atomic E-state index is 13.1. The summed E-state index contributed by atoms with van der Waals surface area (Å²) in [6.07, 6.45) is 1.34. The van der Waals surface area contributed by atoms with E-state index in [9.17, 15) is 13.2 Å². The summed E-state index contributed by atoms with van der Waals surface area (Å²) in [5.74, 6) is 0.482. The summed E-state index contributed by atoms with van der Waals surface area (Å²) in [5, 5.41) is 1.22. The summed E-state index contributed by atoms with van der Waals surface area (Å²) in [7, 11) is -1.88. The third-order valence-corrected chi connectivity index (χ3v) is 9.78. The minimum Gasteiger partial charge on any atom is -0.487 e. The molecule has 0 fully saturated rings. The number of carbonyl (C=O) groups excluding carboxylic acids is 1. The van der Waals surface area contributed by atoms with E-state index in [4.69, 9.17) is 14.2 Å². The number of nitrogens with zero attached hydrogens (tertiary/aromatic N) is 2. The molecule has 0 atom stereocenters. The second-order valence-corrected chi connectivity index (χ2v) is 15.4. The van der Waals surface area contributed by atoms with Crippen LogP contribution >= 0.6 is 22.6 Å². The molecule has 0 saturated heterocycles. The SMILES string of the molecule is CC(C)N(c1ccc(CCS(=O)(=O)/C=C/c2ccc(OC(=O)N(C)c3ccc(I)cc3)c(OCCOCc3ccccc3)c2)cc1)C(C)C. The summed E-state index contributed by atoms with van der Waals surface area (Å²) < 4.78 is 44.5. The lowest BCUT2D eigenvalue weighted by Crippen LogP contribution is -2.36. The molecule has 0 heterocycles. The highest BCUT2D eigenvalue weighted by atomic mass is 127. The number of hydrogen-bond acceptors (Lipinski definition) is 7. The standard InChI is InChI=1S/C39H45IN2O6S/c1-29(2)42(30(3)4)36-16-11-31(12-17-36)21-25-49(44,45)26-22-32-13-20-37(48-39(43)41(5)35-18-14-34(40)15-19-35)38(27-32)47-24-23-46-28-33-9-7-6-8-10-33/h6-20,22,26-27,29-30H,21,23-25,28H2,1-5H3/b26-22+. The molecule has 0 aliphatic carbocycles. The molecule has 49 heavy (non-hydrogen) atoms. The Kier molecular flexibility index (Phi) is 14.1. The van der Waals surface area contributed by atoms with Gasteiger partial charge in [-0.1, -0.05) is 48.5 Å². The topological polar surface area (TPSA) is 85.4 Å². The minimum absolute atomic E-state index is 0.0242. The molecule has 0 unspecified atom stereocenters. The van der Waals surface area contributed by atoms with E-state index in [2.05, 4.69) is 67.3 Å². The molecule has 4 rings (SSSR count). The summed E-state index contributed by atoms with van der Waals surface area (Å²) in [4.78, 5) is 16.8. The number of benzene rings is 4. The summed E-state index contributed by atoms with van der Waals surface area (Å²) >= 11 is 2.20. The monoisotopic (exact) mass is 796 g/mol. The van der Waals surface area contributed by atoms with Crippen LogP contribution in [0, 0.1) is 3.57 Å². The normalized spacial score (nSPS) is 11.7. The third kappa shape index (κ3) is 11.9. The Morgan fingerprint density at radius 1 is 0.796 bits per heavy atom. The number of amides is 1. The first-order valence-corrected chi connectivity index (χ1v) is 19.1. The van der Waals surface area contributed by atoms with Crippen molar-refractivity contribution in [1.82, 2.24) is 0 Å². The van der Waals surface area contributed by atoms with Gasteiger partial charge in [-0.2, -0.15) is 0 Å². The minimum atomic E-state index is -3.51. The number of halogens is 1. The fourth-order valence-corrected chi connectivity index (χ4v) is 6.65. The Morgan fingerprint density at radius 3 is 2.10 bits per heavy atom. The van der Waals surface area contributed by atoms with Crippen LogP contribution in [0.2, 0.25) is 0 Å². The molecular formula is C39H45IN2O6S. The van der Waals surface area contributed by atoms with Crippen LogP contribution in [0.25, 0.3) is 6.08 Å². The summed E-state index contributed by atoms with van der Waals surface area (Å²) in [6.45, 7) is 9.58. The lowest BCUT2D eigenvalue weighted by atomic mass is 10.1. The average molecular weight is 797 g/mol. The molecule has 4 aromatic carbocycles. The first kappa shape index (κ1) is 37.9. The molecule has 0 aliphatic rings. The second kappa shape index (κ2) is 18.2. The van der Waals surface area contributed by atoms with E-state index in [-0.39, 0.29) is 18.1 Å². The number of sulfone groups is 1. The fourth-order valence-electron chi connectivity index (χ4n) is 5.27. The molecule has 0 bridgehead atoms. The van der Waals surface area contributed by atoms with Gasteiger partial charge >= 0.3 is 6.09 Å². The van der Waals surface area contributed by atoms with Crippen LogP contribution in [-0.2, 0) is 27.6 Å². The zero-order valence-corrected chi connectivity index (χ0v) is 31.7. The second-order valence-electron chi connectivity index (χ2n) is 12.2. The first-order chi connectivity index (χ1) is 23.4. The molecular weight excluding hydrogens is 751 g/mol. The van der Waals surface area contributed by atoms with Gasteiger partial charge in [0.15, 0.2) is 21.3 Å². The van der Waals surface area contributed by atoms with Crippen molar-refractivity contribution in [3.63, 3.8) is 0 Å². The fraction of sp³-hybridized carbons (Fsp3) is 0.308. The molecule has 0 radical (unpaired) electrons. The molecule has 8 nitrogen and oxygen atoms in total. The van der Waals surface area contributed by atoms with Crippen LogP contribution in [0.1, 0.15) is 44.4 Å². The van der Waals surface area contributed by atoms with Crippen LogP contribution in [0.5, 0.6) is 11.5 Å². The Morgan fingerprint density at radius 2 is 1.45 bits per heavy atom. The van der Waals surface area contributed by atoms with E-state index in [1.807, 2.05) is 66.7 Å². The highest BCUT2D eigenvalue weighted by Gasteiger charge is 2.18. The van der Waals surface area contributed by atoms with Gasteiger partial charge in [-0.05, 0) is 128 Å². The predicted molar refractivity (Wildman–Crippen MR) is 207 cm³/mol. The molecule has 0 aromatic heterocycles. The van der Waals surface area contributed by atoms with E-state index in [0.717, 1.165) is 20.4 Å². The third-order valence-electron chi connectivity index (χ3n) is 7.74. The molecule has 0 N–H and O–H groups in total. The van der Waals surface area contributed by atoms with Crippen molar-refractivity contribution in [3.8, 4) is 11.5 Å². The van der Waals surface area contributed by atoms with Crippen LogP contribution in [0.15, 0.2) is 102 Å². The quantitative estimate of drug-likeness (QED) is 0.0829. The number of anilines is 2. The molecule has 4 aromatic rings. The number of rotatable bonds is 16. The molecule has 10 heteroatoms. The summed E-state index contributed by atoms with van der Waals surface area (Å²) in [5.41, 5.74) is 4.38. The number of carbonyl (C=O) groups is 1. The van der Waals surface area contributed by atoms with Crippen molar-refractivity contribution in [2.75, 3.05) is 35.8 Å². The maximum atomic E-state index is 13.1. The van der Waals surface area contributed by atoms with Crippen molar-refractivity contribution in [3.05, 3.63) is 123 Å². The zero-order valence-electron chi connectivity index (χ0n) is 28.7. The van der Waals surface area contributed by atoms with Gasteiger partial charge in [-0.3, -0.25) is 4.90 Å². The van der Waals surface area contributed by atoms with Gasteiger partial charge in [0.05, 0.1) is 19.0 Å². The molecule has 260 valence electrons. The van der Waals surface area contributed by atoms with Gasteiger partial charge in [0, 0.05) is 39.5 Å². The Balaban J connectivity index is 1.43. The van der Waals surface area contributed by atoms with Crippen molar-refractivity contribution in [1.29, 1.82) is 0 Å². The Bertz CT molecular complexity index is 1770. The van der Waals surface area contributed by atoms with Gasteiger partial charge < -0.3 is 19.1 Å². The van der Waals surface area contributed by atoms with Crippen LogP contribution in [-0.4, -0.2) is 52.6 Å². The van der Waals surface area contributed by atoms with Crippen LogP contribution in [0.3, 0.4) is 0 Å². The average Bonchev–Trinajstić information content (AvgIpc) is 3.08. The van der Waals surface area contributed by atoms with E-state index >= 15 is 0 Å². The molecule has 1 amide bonds. The summed E-state index contributed by atoms with van der Waals surface area (Å²) in [6, 6.07) is 31.1. The van der Waals surface area contributed by atoms with Crippen molar-refractivity contribution in [2.24, 2.45) is 0 Å². The lowest BCUT2D eigenvalue weighted by Gasteiger charge is -2.33. The largest absolute Gasteiger partial charge is 0.487 e. The number of hydrogen-bond donors (Lipinski definition) is 0. The molecule has 0 aliphatic heterocycles. The maximum Gasteiger partial charge on any atom is 0.419 e. The molecule has 0 spiro atoms.